The van der Waals surface area contributed by atoms with Crippen molar-refractivity contribution in [3.8, 4) is 0 Å². The molecule has 7 heteroatoms. The van der Waals surface area contributed by atoms with Crippen molar-refractivity contribution in [3.63, 3.8) is 0 Å². The Bertz CT molecular complexity index is 478. The summed E-state index contributed by atoms with van der Waals surface area (Å²) in [5, 5.41) is 5.83. The third kappa shape index (κ3) is 7.06. The molecule has 1 aliphatic rings. The molecule has 1 aromatic carbocycles. The third-order valence-corrected chi connectivity index (χ3v) is 3.52. The molecule has 1 amide bonds. The predicted octanol–water partition coefficient (Wildman–Crippen LogP) is 2.30. The largest absolute Gasteiger partial charge is 0.373 e. The molecule has 1 aromatic rings. The van der Waals surface area contributed by atoms with Gasteiger partial charge in [-0.2, -0.15) is 0 Å². The van der Waals surface area contributed by atoms with Gasteiger partial charge < -0.3 is 15.4 Å². The summed E-state index contributed by atoms with van der Waals surface area (Å²) in [6.07, 6.45) is 0.500. The second-order valence-corrected chi connectivity index (χ2v) is 5.69. The lowest BCUT2D eigenvalue weighted by Crippen LogP contribution is -2.44. The molecule has 0 saturated carbocycles. The molecule has 2 N–H and O–H groups in total. The number of ether oxygens (including phenoxy) is 1. The number of morpholine rings is 1. The molecule has 0 aromatic heterocycles. The van der Waals surface area contributed by atoms with Crippen LogP contribution in [-0.4, -0.2) is 49.7 Å². The maximum Gasteiger partial charge on any atom is 0.238 e. The molecule has 0 spiro atoms. The molecule has 1 aliphatic heterocycles. The third-order valence-electron chi connectivity index (χ3n) is 3.52. The van der Waals surface area contributed by atoms with Gasteiger partial charge in [0.05, 0.1) is 18.8 Å². The van der Waals surface area contributed by atoms with E-state index >= 15 is 0 Å². The molecule has 2 atom stereocenters. The second kappa shape index (κ2) is 10.8. The summed E-state index contributed by atoms with van der Waals surface area (Å²) >= 11 is 0. The van der Waals surface area contributed by atoms with Crippen molar-refractivity contribution in [2.75, 3.05) is 32.0 Å². The Kier molecular flexibility index (Phi) is 10.4. The molecule has 2 rings (SSSR count). The van der Waals surface area contributed by atoms with Crippen LogP contribution in [0.2, 0.25) is 0 Å². The number of hydrogen-bond acceptors (Lipinski definition) is 4. The number of anilines is 1. The van der Waals surface area contributed by atoms with Gasteiger partial charge in [-0.15, -0.1) is 24.8 Å². The van der Waals surface area contributed by atoms with Crippen LogP contribution in [0.5, 0.6) is 0 Å². The average Bonchev–Trinajstić information content (AvgIpc) is 2.40. The number of amides is 1. The van der Waals surface area contributed by atoms with Crippen molar-refractivity contribution in [1.29, 1.82) is 0 Å². The molecule has 1 heterocycles. The number of carbonyl (C=O) groups is 1. The van der Waals surface area contributed by atoms with Gasteiger partial charge in [-0.3, -0.25) is 9.69 Å². The van der Waals surface area contributed by atoms with Gasteiger partial charge in [-0.1, -0.05) is 18.2 Å². The molecule has 1 fully saturated rings. The summed E-state index contributed by atoms with van der Waals surface area (Å²) in [5.74, 6) is -0.0198. The Labute approximate surface area is 151 Å². The van der Waals surface area contributed by atoms with Gasteiger partial charge in [0.2, 0.25) is 5.91 Å². The van der Waals surface area contributed by atoms with E-state index < -0.39 is 0 Å². The lowest BCUT2D eigenvalue weighted by Gasteiger charge is -2.35. The maximum atomic E-state index is 11.8. The van der Waals surface area contributed by atoms with Crippen LogP contribution in [0, 0.1) is 0 Å². The monoisotopic (exact) mass is 363 g/mol. The first kappa shape index (κ1) is 22.1. The number of benzene rings is 1. The Hall–Kier alpha value is -0.850. The van der Waals surface area contributed by atoms with Crippen LogP contribution >= 0.6 is 24.8 Å². The highest BCUT2D eigenvalue weighted by Gasteiger charge is 2.22. The minimum absolute atomic E-state index is 0. The standard InChI is InChI=1S/C16H25N3O2.2ClH/c1-12-9-19(10-13(2)21-12)11-14-6-4-5-7-15(14)18-16(20)8-17-3;;/h4-7,12-13,17H,8-11H2,1-3H3,(H,18,20);2*1H. The van der Waals surface area contributed by atoms with Gasteiger partial charge in [0.15, 0.2) is 0 Å². The summed E-state index contributed by atoms with van der Waals surface area (Å²) in [6, 6.07) is 7.98. The van der Waals surface area contributed by atoms with Gasteiger partial charge in [0.25, 0.3) is 0 Å². The number of nitrogens with zero attached hydrogens (tertiary/aromatic N) is 1. The summed E-state index contributed by atoms with van der Waals surface area (Å²) < 4.78 is 5.76. The van der Waals surface area contributed by atoms with Crippen LogP contribution in [0.3, 0.4) is 0 Å². The summed E-state index contributed by atoms with van der Waals surface area (Å²) in [6.45, 7) is 7.19. The minimum Gasteiger partial charge on any atom is -0.373 e. The molecular formula is C16H27Cl2N3O2. The van der Waals surface area contributed by atoms with Crippen molar-refractivity contribution in [2.45, 2.75) is 32.6 Å². The van der Waals surface area contributed by atoms with Crippen LogP contribution in [0.15, 0.2) is 24.3 Å². The molecule has 1 saturated heterocycles. The lowest BCUT2D eigenvalue weighted by molar-refractivity contribution is -0.115. The number of hydrogen-bond donors (Lipinski definition) is 2. The number of para-hydroxylation sites is 1. The van der Waals surface area contributed by atoms with E-state index in [1.807, 2.05) is 18.2 Å². The Morgan fingerprint density at radius 2 is 1.83 bits per heavy atom. The fourth-order valence-electron chi connectivity index (χ4n) is 2.79. The Balaban J connectivity index is 0.00000242. The van der Waals surface area contributed by atoms with E-state index in [1.165, 1.54) is 0 Å². The number of rotatable bonds is 5. The zero-order chi connectivity index (χ0) is 15.2. The SMILES string of the molecule is CNCC(=O)Nc1ccccc1CN1CC(C)OC(C)C1.Cl.Cl. The summed E-state index contributed by atoms with van der Waals surface area (Å²) in [4.78, 5) is 14.1. The Morgan fingerprint density at radius 3 is 2.43 bits per heavy atom. The number of carbonyl (C=O) groups excluding carboxylic acids is 1. The van der Waals surface area contributed by atoms with Crippen molar-refractivity contribution >= 4 is 36.4 Å². The van der Waals surface area contributed by atoms with Crippen LogP contribution in [0.1, 0.15) is 19.4 Å². The summed E-state index contributed by atoms with van der Waals surface area (Å²) in [5.41, 5.74) is 2.04. The average molecular weight is 364 g/mol. The smallest absolute Gasteiger partial charge is 0.238 e. The van der Waals surface area contributed by atoms with Crippen LogP contribution < -0.4 is 10.6 Å². The first-order valence-electron chi connectivity index (χ1n) is 7.48. The molecule has 0 radical (unpaired) electrons. The van der Waals surface area contributed by atoms with E-state index in [2.05, 4.69) is 35.4 Å². The van der Waals surface area contributed by atoms with E-state index in [4.69, 9.17) is 4.74 Å². The number of nitrogens with one attached hydrogen (secondary N) is 2. The first-order valence-corrected chi connectivity index (χ1v) is 7.48. The quantitative estimate of drug-likeness (QED) is 0.842. The van der Waals surface area contributed by atoms with Crippen molar-refractivity contribution in [1.82, 2.24) is 10.2 Å². The summed E-state index contributed by atoms with van der Waals surface area (Å²) in [7, 11) is 1.77. The van der Waals surface area contributed by atoms with Crippen molar-refractivity contribution < 1.29 is 9.53 Å². The highest BCUT2D eigenvalue weighted by atomic mass is 35.5. The van der Waals surface area contributed by atoms with E-state index in [9.17, 15) is 4.79 Å². The van der Waals surface area contributed by atoms with Crippen molar-refractivity contribution in [2.24, 2.45) is 0 Å². The highest BCUT2D eigenvalue weighted by molar-refractivity contribution is 5.92. The van der Waals surface area contributed by atoms with Crippen LogP contribution in [0.4, 0.5) is 5.69 Å². The van der Waals surface area contributed by atoms with E-state index in [0.717, 1.165) is 30.9 Å². The van der Waals surface area contributed by atoms with E-state index in [-0.39, 0.29) is 42.9 Å². The topological polar surface area (TPSA) is 53.6 Å². The van der Waals surface area contributed by atoms with Crippen molar-refractivity contribution in [3.05, 3.63) is 29.8 Å². The number of likely N-dealkylation sites (N-methyl/N-ethyl adjacent to an activating group) is 1. The van der Waals surface area contributed by atoms with Gasteiger partial charge in [0, 0.05) is 25.3 Å². The molecule has 5 nitrogen and oxygen atoms in total. The lowest BCUT2D eigenvalue weighted by atomic mass is 10.1. The fraction of sp³-hybridized carbons (Fsp3) is 0.562. The minimum atomic E-state index is -0.0198. The highest BCUT2D eigenvalue weighted by Crippen LogP contribution is 2.20. The second-order valence-electron chi connectivity index (χ2n) is 5.69. The molecular weight excluding hydrogens is 337 g/mol. The van der Waals surface area contributed by atoms with Crippen LogP contribution in [0.25, 0.3) is 0 Å². The number of halogens is 2. The Morgan fingerprint density at radius 1 is 1.22 bits per heavy atom. The van der Waals surface area contributed by atoms with E-state index in [0.29, 0.717) is 6.54 Å². The fourth-order valence-corrected chi connectivity index (χ4v) is 2.79. The van der Waals surface area contributed by atoms with Gasteiger partial charge in [-0.05, 0) is 32.5 Å². The van der Waals surface area contributed by atoms with Gasteiger partial charge in [0.1, 0.15) is 0 Å². The van der Waals surface area contributed by atoms with Gasteiger partial charge in [-0.25, -0.2) is 0 Å². The zero-order valence-corrected chi connectivity index (χ0v) is 15.5. The van der Waals surface area contributed by atoms with E-state index in [1.54, 1.807) is 7.05 Å². The molecule has 132 valence electrons. The molecule has 23 heavy (non-hydrogen) atoms. The van der Waals surface area contributed by atoms with Crippen LogP contribution in [-0.2, 0) is 16.1 Å². The molecule has 2 unspecified atom stereocenters. The molecule has 0 bridgehead atoms. The molecule has 0 aliphatic carbocycles. The first-order chi connectivity index (χ1) is 10.1. The maximum absolute atomic E-state index is 11.8. The zero-order valence-electron chi connectivity index (χ0n) is 13.9. The van der Waals surface area contributed by atoms with Gasteiger partial charge >= 0.3 is 0 Å². The normalized spacial score (nSPS) is 21.0. The predicted molar refractivity (Wildman–Crippen MR) is 98.8 cm³/mol.